The lowest BCUT2D eigenvalue weighted by Crippen LogP contribution is -2.18. The van der Waals surface area contributed by atoms with Crippen LogP contribution in [-0.4, -0.2) is 12.8 Å². The van der Waals surface area contributed by atoms with Gasteiger partial charge in [-0.15, -0.1) is 0 Å². The molecule has 0 N–H and O–H groups in total. The molecule has 0 atom stereocenters. The van der Waals surface area contributed by atoms with Gasteiger partial charge in [0.05, 0.1) is 6.54 Å². The zero-order valence-electron chi connectivity index (χ0n) is 7.68. The zero-order valence-corrected chi connectivity index (χ0v) is 7.68. The third kappa shape index (κ3) is 1.02. The van der Waals surface area contributed by atoms with Crippen molar-refractivity contribution < 1.29 is 4.74 Å². The molecule has 0 bridgehead atoms. The summed E-state index contributed by atoms with van der Waals surface area (Å²) < 4.78 is 5.42. The predicted octanol–water partition coefficient (Wildman–Crippen LogP) is 1.91. The SMILES string of the molecule is C1=NC2=COCc3ccccc3N2C1. The molecule has 2 heterocycles. The summed E-state index contributed by atoms with van der Waals surface area (Å²) in [5.41, 5.74) is 2.41. The second kappa shape index (κ2) is 2.87. The van der Waals surface area contributed by atoms with E-state index in [1.165, 1.54) is 11.3 Å². The van der Waals surface area contributed by atoms with Crippen LogP contribution < -0.4 is 4.90 Å². The second-order valence-corrected chi connectivity index (χ2v) is 3.34. The van der Waals surface area contributed by atoms with Gasteiger partial charge in [0.15, 0.2) is 5.82 Å². The van der Waals surface area contributed by atoms with Gasteiger partial charge in [-0.05, 0) is 6.07 Å². The minimum Gasteiger partial charge on any atom is -0.493 e. The molecule has 0 fully saturated rings. The van der Waals surface area contributed by atoms with Crippen LogP contribution in [0.15, 0.2) is 41.3 Å². The Morgan fingerprint density at radius 3 is 3.21 bits per heavy atom. The van der Waals surface area contributed by atoms with Crippen molar-refractivity contribution >= 4 is 11.9 Å². The van der Waals surface area contributed by atoms with E-state index in [4.69, 9.17) is 4.74 Å². The molecule has 3 nitrogen and oxygen atoms in total. The van der Waals surface area contributed by atoms with Crippen molar-refractivity contribution in [1.82, 2.24) is 0 Å². The zero-order chi connectivity index (χ0) is 9.38. The number of fused-ring (bicyclic) bond motifs is 3. The first-order chi connectivity index (χ1) is 6.95. The molecule has 3 rings (SSSR count). The molecule has 1 aromatic carbocycles. The van der Waals surface area contributed by atoms with Crippen LogP contribution in [0.3, 0.4) is 0 Å². The molecule has 0 amide bonds. The number of para-hydroxylation sites is 1. The standard InChI is InChI=1S/C11H10N2O/c1-2-4-10-9(3-1)7-14-8-11-12-5-6-13(10)11/h1-5,8H,6-7H2. The Hall–Kier alpha value is -1.77. The summed E-state index contributed by atoms with van der Waals surface area (Å²) >= 11 is 0. The Morgan fingerprint density at radius 1 is 1.29 bits per heavy atom. The number of hydrogen-bond donors (Lipinski definition) is 0. The van der Waals surface area contributed by atoms with Gasteiger partial charge in [-0.3, -0.25) is 0 Å². The van der Waals surface area contributed by atoms with E-state index in [2.05, 4.69) is 22.0 Å². The molecule has 0 unspecified atom stereocenters. The van der Waals surface area contributed by atoms with Crippen molar-refractivity contribution in [3.8, 4) is 0 Å². The Balaban J connectivity index is 2.13. The Morgan fingerprint density at radius 2 is 2.21 bits per heavy atom. The molecular weight excluding hydrogens is 176 g/mol. The van der Waals surface area contributed by atoms with Crippen molar-refractivity contribution in [2.24, 2.45) is 4.99 Å². The monoisotopic (exact) mass is 186 g/mol. The highest BCUT2D eigenvalue weighted by atomic mass is 16.5. The van der Waals surface area contributed by atoms with Gasteiger partial charge in [0.2, 0.25) is 0 Å². The number of ether oxygens (including phenoxy) is 1. The van der Waals surface area contributed by atoms with Gasteiger partial charge >= 0.3 is 0 Å². The maximum absolute atomic E-state index is 5.42. The van der Waals surface area contributed by atoms with Gasteiger partial charge in [0.25, 0.3) is 0 Å². The van der Waals surface area contributed by atoms with E-state index in [1.54, 1.807) is 6.26 Å². The van der Waals surface area contributed by atoms with Crippen LogP contribution in [0.4, 0.5) is 5.69 Å². The highest BCUT2D eigenvalue weighted by molar-refractivity contribution is 5.76. The molecule has 0 spiro atoms. The average Bonchev–Trinajstić information content (AvgIpc) is 2.61. The van der Waals surface area contributed by atoms with Crippen molar-refractivity contribution in [3.05, 3.63) is 41.9 Å². The smallest absolute Gasteiger partial charge is 0.168 e. The number of aliphatic imine (C=N–C) groups is 1. The van der Waals surface area contributed by atoms with Crippen LogP contribution >= 0.6 is 0 Å². The second-order valence-electron chi connectivity index (χ2n) is 3.34. The summed E-state index contributed by atoms with van der Waals surface area (Å²) in [5.74, 6) is 0.898. The van der Waals surface area contributed by atoms with Crippen molar-refractivity contribution in [2.75, 3.05) is 11.4 Å². The van der Waals surface area contributed by atoms with E-state index in [0.29, 0.717) is 6.61 Å². The molecule has 70 valence electrons. The quantitative estimate of drug-likeness (QED) is 0.618. The molecule has 0 aromatic heterocycles. The minimum absolute atomic E-state index is 0.631. The van der Waals surface area contributed by atoms with Gasteiger partial charge in [0.1, 0.15) is 12.9 Å². The lowest BCUT2D eigenvalue weighted by molar-refractivity contribution is 0.236. The number of benzene rings is 1. The summed E-state index contributed by atoms with van der Waals surface area (Å²) in [7, 11) is 0. The Kier molecular flexibility index (Phi) is 1.56. The Labute approximate surface area is 82.3 Å². The molecule has 2 aliphatic heterocycles. The number of hydrogen-bond acceptors (Lipinski definition) is 3. The van der Waals surface area contributed by atoms with Gasteiger partial charge in [-0.1, -0.05) is 18.2 Å². The molecule has 14 heavy (non-hydrogen) atoms. The summed E-state index contributed by atoms with van der Waals surface area (Å²) in [6.45, 7) is 1.47. The van der Waals surface area contributed by atoms with Crippen LogP contribution in [0.25, 0.3) is 0 Å². The first-order valence-electron chi connectivity index (χ1n) is 4.65. The number of anilines is 1. The molecule has 3 heteroatoms. The van der Waals surface area contributed by atoms with E-state index in [9.17, 15) is 0 Å². The maximum atomic E-state index is 5.42. The normalized spacial score (nSPS) is 18.0. The summed E-state index contributed by atoms with van der Waals surface area (Å²) in [6.07, 6.45) is 3.63. The van der Waals surface area contributed by atoms with E-state index >= 15 is 0 Å². The highest BCUT2D eigenvalue weighted by Gasteiger charge is 2.20. The van der Waals surface area contributed by atoms with Crippen molar-refractivity contribution in [3.63, 3.8) is 0 Å². The molecule has 1 aromatic rings. The van der Waals surface area contributed by atoms with Gasteiger partial charge in [0, 0.05) is 17.5 Å². The first kappa shape index (κ1) is 7.62. The molecular formula is C11H10N2O. The fourth-order valence-corrected chi connectivity index (χ4v) is 1.80. The van der Waals surface area contributed by atoms with Gasteiger partial charge in [-0.25, -0.2) is 4.99 Å². The van der Waals surface area contributed by atoms with E-state index in [1.807, 2.05) is 18.3 Å². The molecule has 0 aliphatic carbocycles. The predicted molar refractivity (Wildman–Crippen MR) is 55.2 cm³/mol. The third-order valence-electron chi connectivity index (χ3n) is 2.47. The van der Waals surface area contributed by atoms with Crippen molar-refractivity contribution in [1.29, 1.82) is 0 Å². The van der Waals surface area contributed by atoms with Gasteiger partial charge < -0.3 is 9.64 Å². The van der Waals surface area contributed by atoms with Crippen LogP contribution in [0.1, 0.15) is 5.56 Å². The summed E-state index contributed by atoms with van der Waals surface area (Å²) in [4.78, 5) is 6.41. The summed E-state index contributed by atoms with van der Waals surface area (Å²) in [5, 5.41) is 0. The fourth-order valence-electron chi connectivity index (χ4n) is 1.80. The number of nitrogens with zero attached hydrogens (tertiary/aromatic N) is 2. The lowest BCUT2D eigenvalue weighted by atomic mass is 10.2. The maximum Gasteiger partial charge on any atom is 0.168 e. The molecule has 2 aliphatic rings. The van der Waals surface area contributed by atoms with Crippen LogP contribution in [0.2, 0.25) is 0 Å². The highest BCUT2D eigenvalue weighted by Crippen LogP contribution is 2.29. The van der Waals surface area contributed by atoms with Crippen LogP contribution in [0, 0.1) is 0 Å². The number of rotatable bonds is 0. The van der Waals surface area contributed by atoms with Crippen molar-refractivity contribution in [2.45, 2.75) is 6.61 Å². The van der Waals surface area contributed by atoms with E-state index < -0.39 is 0 Å². The molecule has 0 radical (unpaired) electrons. The molecule has 0 saturated heterocycles. The van der Waals surface area contributed by atoms with Crippen LogP contribution in [0.5, 0.6) is 0 Å². The summed E-state index contributed by atoms with van der Waals surface area (Å²) in [6, 6.07) is 8.27. The van der Waals surface area contributed by atoms with E-state index in [0.717, 1.165) is 12.4 Å². The van der Waals surface area contributed by atoms with Gasteiger partial charge in [-0.2, -0.15) is 0 Å². The Bertz CT molecular complexity index is 423. The third-order valence-corrected chi connectivity index (χ3v) is 2.47. The fraction of sp³-hybridized carbons (Fsp3) is 0.182. The molecule has 0 saturated carbocycles. The lowest BCUT2D eigenvalue weighted by Gasteiger charge is -2.18. The average molecular weight is 186 g/mol. The van der Waals surface area contributed by atoms with Crippen LogP contribution in [-0.2, 0) is 11.3 Å². The minimum atomic E-state index is 0.631. The topological polar surface area (TPSA) is 24.8 Å². The largest absolute Gasteiger partial charge is 0.493 e. The first-order valence-corrected chi connectivity index (χ1v) is 4.65. The van der Waals surface area contributed by atoms with E-state index in [-0.39, 0.29) is 0 Å².